The summed E-state index contributed by atoms with van der Waals surface area (Å²) in [7, 11) is 0. The van der Waals surface area contributed by atoms with Gasteiger partial charge in [0.2, 0.25) is 5.96 Å². The monoisotopic (exact) mass is 462 g/mol. The summed E-state index contributed by atoms with van der Waals surface area (Å²) in [5.74, 6) is 0.0703. The summed E-state index contributed by atoms with van der Waals surface area (Å²) in [6.45, 7) is 10.7. The SMILES string of the molecule is CC(C)(C)OC(=O)/N=C(/N(CCCOc1ccc(F)cc1)C(=O)OC(C)(C)C)n1cccn1. The fourth-order valence-corrected chi connectivity index (χ4v) is 2.52. The van der Waals surface area contributed by atoms with Gasteiger partial charge >= 0.3 is 12.2 Å². The van der Waals surface area contributed by atoms with Crippen LogP contribution >= 0.6 is 0 Å². The number of aliphatic imine (C=N–C) groups is 1. The van der Waals surface area contributed by atoms with Gasteiger partial charge in [-0.15, -0.1) is 4.99 Å². The number of nitrogens with zero attached hydrogens (tertiary/aromatic N) is 4. The first kappa shape index (κ1) is 25.8. The van der Waals surface area contributed by atoms with Crippen LogP contribution in [0.5, 0.6) is 5.75 Å². The molecule has 0 saturated carbocycles. The molecule has 1 aromatic carbocycles. The van der Waals surface area contributed by atoms with Crippen LogP contribution in [0.15, 0.2) is 47.7 Å². The largest absolute Gasteiger partial charge is 0.494 e. The first-order valence-corrected chi connectivity index (χ1v) is 10.5. The molecular weight excluding hydrogens is 431 g/mol. The lowest BCUT2D eigenvalue weighted by atomic mass is 10.2. The molecule has 0 fully saturated rings. The van der Waals surface area contributed by atoms with Gasteiger partial charge in [0.05, 0.1) is 6.61 Å². The second kappa shape index (κ2) is 10.9. The van der Waals surface area contributed by atoms with Gasteiger partial charge in [0.15, 0.2) is 0 Å². The standard InChI is InChI=1S/C23H31FN4O5/c1-22(2,3)32-20(29)26-19(28-15-7-13-25-28)27(21(30)33-23(4,5)6)14-8-16-31-18-11-9-17(24)10-12-18/h7,9-13,15H,8,14,16H2,1-6H3/b26-19-. The van der Waals surface area contributed by atoms with Gasteiger partial charge in [0, 0.05) is 18.9 Å². The van der Waals surface area contributed by atoms with Gasteiger partial charge in [0.25, 0.3) is 0 Å². The van der Waals surface area contributed by atoms with Crippen LogP contribution in [0.25, 0.3) is 0 Å². The Morgan fingerprint density at radius 1 is 1.06 bits per heavy atom. The molecule has 2 amide bonds. The minimum atomic E-state index is -0.871. The summed E-state index contributed by atoms with van der Waals surface area (Å²) in [6, 6.07) is 7.26. The van der Waals surface area contributed by atoms with E-state index in [1.165, 1.54) is 40.0 Å². The molecule has 2 aromatic rings. The van der Waals surface area contributed by atoms with E-state index < -0.39 is 23.4 Å². The predicted octanol–water partition coefficient (Wildman–Crippen LogP) is 4.87. The van der Waals surface area contributed by atoms with E-state index in [1.54, 1.807) is 53.8 Å². The maximum absolute atomic E-state index is 13.1. The zero-order chi connectivity index (χ0) is 24.6. The summed E-state index contributed by atoms with van der Waals surface area (Å²) < 4.78 is 30.8. The maximum Gasteiger partial charge on any atom is 0.437 e. The fraction of sp³-hybridized carbons (Fsp3) is 0.478. The molecule has 0 N–H and O–H groups in total. The van der Waals surface area contributed by atoms with E-state index in [2.05, 4.69) is 10.1 Å². The Morgan fingerprint density at radius 3 is 2.24 bits per heavy atom. The summed E-state index contributed by atoms with van der Waals surface area (Å²) in [4.78, 5) is 30.7. The molecular formula is C23H31FN4O5. The molecule has 1 aromatic heterocycles. The molecule has 0 radical (unpaired) electrons. The number of amides is 2. The molecule has 0 bridgehead atoms. The van der Waals surface area contributed by atoms with Crippen molar-refractivity contribution >= 4 is 18.1 Å². The Bertz CT molecular complexity index is 945. The highest BCUT2D eigenvalue weighted by molar-refractivity contribution is 5.99. The van der Waals surface area contributed by atoms with E-state index in [4.69, 9.17) is 14.2 Å². The van der Waals surface area contributed by atoms with Crippen molar-refractivity contribution in [1.82, 2.24) is 14.7 Å². The molecule has 0 unspecified atom stereocenters. The lowest BCUT2D eigenvalue weighted by Gasteiger charge is -2.28. The third-order valence-corrected chi connectivity index (χ3v) is 3.76. The van der Waals surface area contributed by atoms with Crippen LogP contribution in [-0.2, 0) is 9.47 Å². The molecule has 0 atom stereocenters. The first-order chi connectivity index (χ1) is 15.3. The van der Waals surface area contributed by atoms with E-state index in [9.17, 15) is 14.0 Å². The van der Waals surface area contributed by atoms with E-state index in [0.29, 0.717) is 12.2 Å². The van der Waals surface area contributed by atoms with Crippen LogP contribution in [0, 0.1) is 5.82 Å². The number of carbonyl (C=O) groups is 2. The van der Waals surface area contributed by atoms with Crippen molar-refractivity contribution in [2.45, 2.75) is 59.2 Å². The van der Waals surface area contributed by atoms with Gasteiger partial charge < -0.3 is 14.2 Å². The Labute approximate surface area is 193 Å². The lowest BCUT2D eigenvalue weighted by molar-refractivity contribution is 0.0356. The Morgan fingerprint density at radius 2 is 1.70 bits per heavy atom. The number of carbonyl (C=O) groups excluding carboxylic acids is 2. The van der Waals surface area contributed by atoms with Crippen molar-refractivity contribution in [2.75, 3.05) is 13.2 Å². The van der Waals surface area contributed by atoms with E-state index >= 15 is 0 Å². The van der Waals surface area contributed by atoms with Gasteiger partial charge in [-0.25, -0.2) is 23.6 Å². The third-order valence-electron chi connectivity index (χ3n) is 3.76. The molecule has 0 aliphatic rings. The number of aromatic nitrogens is 2. The highest BCUT2D eigenvalue weighted by atomic mass is 19.1. The molecule has 0 aliphatic carbocycles. The van der Waals surface area contributed by atoms with Gasteiger partial charge in [-0.2, -0.15) is 5.10 Å². The number of hydrogen-bond donors (Lipinski definition) is 0. The second-order valence-electron chi connectivity index (χ2n) is 9.13. The predicted molar refractivity (Wildman–Crippen MR) is 121 cm³/mol. The van der Waals surface area contributed by atoms with E-state index in [1.807, 2.05) is 0 Å². The van der Waals surface area contributed by atoms with Gasteiger partial charge in [-0.1, -0.05) is 0 Å². The smallest absolute Gasteiger partial charge is 0.437 e. The van der Waals surface area contributed by atoms with E-state index in [-0.39, 0.29) is 24.9 Å². The second-order valence-corrected chi connectivity index (χ2v) is 9.13. The van der Waals surface area contributed by atoms with Gasteiger partial charge in [0.1, 0.15) is 22.8 Å². The van der Waals surface area contributed by atoms with Crippen LogP contribution in [0.2, 0.25) is 0 Å². The molecule has 1 heterocycles. The first-order valence-electron chi connectivity index (χ1n) is 10.5. The quantitative estimate of drug-likeness (QED) is 0.357. The zero-order valence-electron chi connectivity index (χ0n) is 19.9. The molecule has 0 spiro atoms. The van der Waals surface area contributed by atoms with Crippen molar-refractivity contribution in [3.63, 3.8) is 0 Å². The number of ether oxygens (including phenoxy) is 3. The average Bonchev–Trinajstić information content (AvgIpc) is 3.20. The third kappa shape index (κ3) is 9.30. The Balaban J connectivity index is 2.24. The number of hydrogen-bond acceptors (Lipinski definition) is 6. The molecule has 9 nitrogen and oxygen atoms in total. The van der Waals surface area contributed by atoms with Crippen molar-refractivity contribution in [2.24, 2.45) is 4.99 Å². The molecule has 0 saturated heterocycles. The number of benzene rings is 1. The lowest BCUT2D eigenvalue weighted by Crippen LogP contribution is -2.45. The minimum absolute atomic E-state index is 0.0646. The Kier molecular flexibility index (Phi) is 8.56. The van der Waals surface area contributed by atoms with Crippen LogP contribution < -0.4 is 4.74 Å². The van der Waals surface area contributed by atoms with Gasteiger partial charge in [-0.05, 0) is 78.3 Å². The molecule has 2 rings (SSSR count). The highest BCUT2D eigenvalue weighted by Gasteiger charge is 2.29. The minimum Gasteiger partial charge on any atom is -0.494 e. The molecule has 33 heavy (non-hydrogen) atoms. The Hall–Kier alpha value is -3.43. The summed E-state index contributed by atoms with van der Waals surface area (Å²) in [6.07, 6.45) is 1.84. The number of halogens is 1. The molecule has 10 heteroatoms. The zero-order valence-corrected chi connectivity index (χ0v) is 19.9. The van der Waals surface area contributed by atoms with E-state index in [0.717, 1.165) is 0 Å². The van der Waals surface area contributed by atoms with Crippen molar-refractivity contribution < 1.29 is 28.2 Å². The molecule has 180 valence electrons. The topological polar surface area (TPSA) is 95.2 Å². The van der Waals surface area contributed by atoms with Gasteiger partial charge in [-0.3, -0.25) is 0 Å². The van der Waals surface area contributed by atoms with Crippen molar-refractivity contribution in [1.29, 1.82) is 0 Å². The van der Waals surface area contributed by atoms with Crippen LogP contribution in [0.4, 0.5) is 14.0 Å². The van der Waals surface area contributed by atoms with Crippen LogP contribution in [-0.4, -0.2) is 57.2 Å². The fourth-order valence-electron chi connectivity index (χ4n) is 2.52. The summed E-state index contributed by atoms with van der Waals surface area (Å²) >= 11 is 0. The molecule has 0 aliphatic heterocycles. The maximum atomic E-state index is 13.1. The highest BCUT2D eigenvalue weighted by Crippen LogP contribution is 2.15. The van der Waals surface area contributed by atoms with Crippen LogP contribution in [0.3, 0.4) is 0 Å². The summed E-state index contributed by atoms with van der Waals surface area (Å²) in [5, 5.41) is 4.11. The normalized spacial score (nSPS) is 12.3. The van der Waals surface area contributed by atoms with Crippen molar-refractivity contribution in [3.05, 3.63) is 48.5 Å². The van der Waals surface area contributed by atoms with Crippen molar-refractivity contribution in [3.8, 4) is 5.75 Å². The average molecular weight is 463 g/mol. The summed E-state index contributed by atoms with van der Waals surface area (Å²) in [5.41, 5.74) is -1.54. The van der Waals surface area contributed by atoms with Crippen LogP contribution in [0.1, 0.15) is 48.0 Å². The number of rotatable bonds is 5.